The first-order valence-electron chi connectivity index (χ1n) is 11.1. The van der Waals surface area contributed by atoms with E-state index in [4.69, 9.17) is 11.6 Å². The second-order valence-electron chi connectivity index (χ2n) is 8.70. The number of carbonyl (C=O) groups excluding carboxylic acids is 2. The van der Waals surface area contributed by atoms with Crippen molar-refractivity contribution in [3.63, 3.8) is 0 Å². The average Bonchev–Trinajstić information content (AvgIpc) is 2.80. The topological polar surface area (TPSA) is 90.0 Å². The van der Waals surface area contributed by atoms with Crippen molar-refractivity contribution in [3.05, 3.63) is 64.9 Å². The molecule has 0 radical (unpaired) electrons. The smallest absolute Gasteiger partial charge is 0.304 e. The maximum absolute atomic E-state index is 13.6. The number of nitrogens with zero attached hydrogens (tertiary/aromatic N) is 3. The van der Waals surface area contributed by atoms with Gasteiger partial charge in [0, 0.05) is 32.2 Å². The molecule has 0 heterocycles. The average molecular weight is 527 g/mol. The molecule has 0 aromatic heterocycles. The van der Waals surface area contributed by atoms with Crippen molar-refractivity contribution in [2.75, 3.05) is 31.5 Å². The first kappa shape index (κ1) is 28.5. The Labute approximate surface area is 211 Å². The van der Waals surface area contributed by atoms with Crippen molar-refractivity contribution in [1.29, 1.82) is 0 Å². The lowest BCUT2D eigenvalue weighted by Gasteiger charge is -2.33. The Morgan fingerprint density at radius 2 is 1.63 bits per heavy atom. The van der Waals surface area contributed by atoms with E-state index in [-0.39, 0.29) is 24.1 Å². The molecule has 11 heteroatoms. The third-order valence-corrected chi connectivity index (χ3v) is 7.47. The van der Waals surface area contributed by atoms with Gasteiger partial charge in [0.1, 0.15) is 18.4 Å². The summed E-state index contributed by atoms with van der Waals surface area (Å²) in [7, 11) is -1.45. The van der Waals surface area contributed by atoms with Gasteiger partial charge in [-0.15, -0.1) is 0 Å². The number of benzene rings is 2. The molecule has 35 heavy (non-hydrogen) atoms. The van der Waals surface area contributed by atoms with E-state index < -0.39 is 34.5 Å². The van der Waals surface area contributed by atoms with Gasteiger partial charge in [-0.1, -0.05) is 43.6 Å². The summed E-state index contributed by atoms with van der Waals surface area (Å²) in [6, 6.07) is 10.8. The minimum absolute atomic E-state index is 0.00591. The second-order valence-corrected chi connectivity index (χ2v) is 11.2. The first-order chi connectivity index (χ1) is 16.3. The molecule has 0 fully saturated rings. The molecule has 0 saturated heterocycles. The molecule has 1 N–H and O–H groups in total. The summed E-state index contributed by atoms with van der Waals surface area (Å²) in [4.78, 5) is 27.7. The van der Waals surface area contributed by atoms with Crippen molar-refractivity contribution >= 4 is 39.3 Å². The number of anilines is 1. The molecule has 0 aliphatic heterocycles. The zero-order valence-electron chi connectivity index (χ0n) is 20.5. The fraction of sp³-hybridized carbons (Fsp3) is 0.417. The van der Waals surface area contributed by atoms with Crippen LogP contribution in [0.3, 0.4) is 0 Å². The molecule has 2 rings (SSSR count). The van der Waals surface area contributed by atoms with Crippen LogP contribution in [0.2, 0.25) is 5.02 Å². The van der Waals surface area contributed by atoms with Gasteiger partial charge >= 0.3 is 10.2 Å². The van der Waals surface area contributed by atoms with Gasteiger partial charge in [0.25, 0.3) is 0 Å². The number of halogens is 2. The van der Waals surface area contributed by atoms with Gasteiger partial charge in [-0.25, -0.2) is 8.70 Å². The number of amides is 2. The number of hydrogen-bond donors (Lipinski definition) is 1. The SMILES string of the molecule is CC(C)CNC(=O)[C@@H](C)N(Cc1ccccc1Cl)C(=O)CN(c1ccc(F)cc1)S(=O)(=O)N(C)C. The summed E-state index contributed by atoms with van der Waals surface area (Å²) < 4.78 is 41.4. The minimum atomic E-state index is -4.11. The maximum Gasteiger partial charge on any atom is 0.304 e. The highest BCUT2D eigenvalue weighted by molar-refractivity contribution is 7.90. The lowest BCUT2D eigenvalue weighted by Crippen LogP contribution is -2.52. The first-order valence-corrected chi connectivity index (χ1v) is 12.9. The molecule has 0 unspecified atom stereocenters. The summed E-state index contributed by atoms with van der Waals surface area (Å²) in [5.41, 5.74) is 0.720. The van der Waals surface area contributed by atoms with Crippen molar-refractivity contribution < 1.29 is 22.4 Å². The normalized spacial score (nSPS) is 12.5. The van der Waals surface area contributed by atoms with Crippen LogP contribution < -0.4 is 9.62 Å². The summed E-state index contributed by atoms with van der Waals surface area (Å²) in [5, 5.41) is 3.22. The third kappa shape index (κ3) is 7.65. The van der Waals surface area contributed by atoms with E-state index >= 15 is 0 Å². The van der Waals surface area contributed by atoms with E-state index in [0.29, 0.717) is 17.1 Å². The Balaban J connectivity index is 2.44. The molecule has 2 aromatic rings. The zero-order valence-corrected chi connectivity index (χ0v) is 22.1. The Morgan fingerprint density at radius 1 is 1.03 bits per heavy atom. The van der Waals surface area contributed by atoms with Crippen LogP contribution in [0.25, 0.3) is 0 Å². The maximum atomic E-state index is 13.6. The van der Waals surface area contributed by atoms with E-state index in [1.165, 1.54) is 31.1 Å². The van der Waals surface area contributed by atoms with E-state index in [2.05, 4.69) is 5.32 Å². The Hall–Kier alpha value is -2.69. The predicted octanol–water partition coefficient (Wildman–Crippen LogP) is 3.28. The summed E-state index contributed by atoms with van der Waals surface area (Å²) in [5.74, 6) is -1.33. The highest BCUT2D eigenvalue weighted by Gasteiger charge is 2.32. The molecule has 1 atom stereocenters. The highest BCUT2D eigenvalue weighted by atomic mass is 35.5. The molecule has 8 nitrogen and oxygen atoms in total. The molecule has 0 aliphatic carbocycles. The molecular formula is C24H32ClFN4O4S. The van der Waals surface area contributed by atoms with Gasteiger partial charge < -0.3 is 10.2 Å². The number of nitrogens with one attached hydrogen (secondary N) is 1. The van der Waals surface area contributed by atoms with E-state index in [0.717, 1.165) is 20.7 Å². The number of rotatable bonds is 11. The Bertz CT molecular complexity index is 1130. The molecule has 0 spiro atoms. The van der Waals surface area contributed by atoms with Crippen LogP contribution in [-0.4, -0.2) is 62.7 Å². The van der Waals surface area contributed by atoms with Crippen LogP contribution in [0.15, 0.2) is 48.5 Å². The molecule has 0 saturated carbocycles. The summed E-state index contributed by atoms with van der Waals surface area (Å²) in [6.07, 6.45) is 0. The van der Waals surface area contributed by atoms with E-state index in [1.807, 2.05) is 13.8 Å². The standard InChI is InChI=1S/C24H32ClFN4O4S/c1-17(2)14-27-24(32)18(3)29(15-19-8-6-7-9-22(19)25)23(31)16-30(35(33,34)28(4)5)21-12-10-20(26)11-13-21/h6-13,17-18H,14-16H2,1-5H3,(H,27,32)/t18-/m1/s1. The molecule has 0 bridgehead atoms. The van der Waals surface area contributed by atoms with Gasteiger partial charge in [-0.2, -0.15) is 12.7 Å². The van der Waals surface area contributed by atoms with Gasteiger partial charge in [0.15, 0.2) is 0 Å². The molecule has 192 valence electrons. The van der Waals surface area contributed by atoms with Crippen LogP contribution >= 0.6 is 11.6 Å². The van der Waals surface area contributed by atoms with Gasteiger partial charge in [-0.05, 0) is 48.7 Å². The fourth-order valence-corrected chi connectivity index (χ4v) is 4.42. The van der Waals surface area contributed by atoms with E-state index in [9.17, 15) is 22.4 Å². The van der Waals surface area contributed by atoms with Gasteiger partial charge in [0.2, 0.25) is 11.8 Å². The zero-order chi connectivity index (χ0) is 26.3. The van der Waals surface area contributed by atoms with Crippen LogP contribution in [0, 0.1) is 11.7 Å². The van der Waals surface area contributed by atoms with Gasteiger partial charge in [-0.3, -0.25) is 9.59 Å². The number of carbonyl (C=O) groups is 2. The molecular weight excluding hydrogens is 495 g/mol. The highest BCUT2D eigenvalue weighted by Crippen LogP contribution is 2.23. The summed E-state index contributed by atoms with van der Waals surface area (Å²) in [6.45, 7) is 5.29. The van der Waals surface area contributed by atoms with Crippen LogP contribution in [0.4, 0.5) is 10.1 Å². The monoisotopic (exact) mass is 526 g/mol. The third-order valence-electron chi connectivity index (χ3n) is 5.28. The quantitative estimate of drug-likeness (QED) is 0.486. The van der Waals surface area contributed by atoms with Crippen molar-refractivity contribution in [2.24, 2.45) is 5.92 Å². The van der Waals surface area contributed by atoms with Crippen molar-refractivity contribution in [1.82, 2.24) is 14.5 Å². The lowest BCUT2D eigenvalue weighted by atomic mass is 10.1. The largest absolute Gasteiger partial charge is 0.354 e. The Kier molecular flexibility index (Phi) is 10.1. The minimum Gasteiger partial charge on any atom is -0.354 e. The van der Waals surface area contributed by atoms with Crippen LogP contribution in [0.1, 0.15) is 26.3 Å². The van der Waals surface area contributed by atoms with Crippen molar-refractivity contribution in [3.8, 4) is 0 Å². The second kappa shape index (κ2) is 12.3. The molecule has 2 aromatic carbocycles. The van der Waals surface area contributed by atoms with Gasteiger partial charge in [0.05, 0.1) is 5.69 Å². The fourth-order valence-electron chi connectivity index (χ4n) is 3.17. The predicted molar refractivity (Wildman–Crippen MR) is 136 cm³/mol. The van der Waals surface area contributed by atoms with Crippen molar-refractivity contribution in [2.45, 2.75) is 33.4 Å². The molecule has 0 aliphatic rings. The van der Waals surface area contributed by atoms with Crippen LogP contribution in [-0.2, 0) is 26.3 Å². The summed E-state index contributed by atoms with van der Waals surface area (Å²) >= 11 is 6.30. The lowest BCUT2D eigenvalue weighted by molar-refractivity contribution is -0.139. The number of hydrogen-bond acceptors (Lipinski definition) is 4. The van der Waals surface area contributed by atoms with Crippen LogP contribution in [0.5, 0.6) is 0 Å². The Morgan fingerprint density at radius 3 is 2.17 bits per heavy atom. The van der Waals surface area contributed by atoms with E-state index in [1.54, 1.807) is 31.2 Å². The molecule has 2 amide bonds.